The number of nitrogens with zero attached hydrogens (tertiary/aromatic N) is 2. The Hall–Kier alpha value is -3.35. The van der Waals surface area contributed by atoms with Gasteiger partial charge in [0.25, 0.3) is 5.56 Å². The Bertz CT molecular complexity index is 1250. The highest BCUT2D eigenvalue weighted by atomic mass is 19.4. The minimum atomic E-state index is -4.49. The van der Waals surface area contributed by atoms with Crippen LogP contribution >= 0.6 is 0 Å². The molecular formula is C22H18F3N3O. The van der Waals surface area contributed by atoms with E-state index in [0.717, 1.165) is 29.0 Å². The van der Waals surface area contributed by atoms with Gasteiger partial charge in [-0.15, -0.1) is 0 Å². The fourth-order valence-corrected chi connectivity index (χ4v) is 3.55. The number of rotatable bonds is 3. The van der Waals surface area contributed by atoms with Gasteiger partial charge in [0.2, 0.25) is 0 Å². The van der Waals surface area contributed by atoms with Crippen LogP contribution in [0, 0.1) is 13.8 Å². The van der Waals surface area contributed by atoms with Crippen LogP contribution in [0.3, 0.4) is 0 Å². The molecule has 0 aliphatic heterocycles. The molecule has 0 aliphatic rings. The molecule has 1 N–H and O–H groups in total. The molecule has 0 fully saturated rings. The Morgan fingerprint density at radius 1 is 1.03 bits per heavy atom. The van der Waals surface area contributed by atoms with Crippen molar-refractivity contribution in [3.05, 3.63) is 93.2 Å². The molecule has 7 heteroatoms. The first kappa shape index (κ1) is 19.0. The maximum absolute atomic E-state index is 13.2. The van der Waals surface area contributed by atoms with Crippen LogP contribution in [0.25, 0.3) is 16.7 Å². The van der Waals surface area contributed by atoms with Crippen LogP contribution in [0.15, 0.2) is 59.4 Å². The molecule has 0 aliphatic carbocycles. The van der Waals surface area contributed by atoms with Gasteiger partial charge in [0, 0.05) is 12.1 Å². The van der Waals surface area contributed by atoms with Crippen LogP contribution in [0.4, 0.5) is 13.2 Å². The Morgan fingerprint density at radius 3 is 2.45 bits per heavy atom. The Morgan fingerprint density at radius 2 is 1.76 bits per heavy atom. The van der Waals surface area contributed by atoms with E-state index in [1.54, 1.807) is 6.92 Å². The van der Waals surface area contributed by atoms with Gasteiger partial charge in [-0.1, -0.05) is 36.4 Å². The Labute approximate surface area is 164 Å². The Balaban J connectivity index is 1.87. The topological polar surface area (TPSA) is 50.7 Å². The van der Waals surface area contributed by atoms with Crippen LogP contribution in [-0.2, 0) is 12.6 Å². The number of aromatic amines is 1. The van der Waals surface area contributed by atoms with Gasteiger partial charge in [-0.2, -0.15) is 13.2 Å². The molecule has 29 heavy (non-hydrogen) atoms. The summed E-state index contributed by atoms with van der Waals surface area (Å²) in [6.07, 6.45) is -3.89. The van der Waals surface area contributed by atoms with E-state index >= 15 is 0 Å². The highest BCUT2D eigenvalue weighted by Gasteiger charge is 2.30. The fraction of sp³-hybridized carbons (Fsp3) is 0.182. The number of H-pyrrole nitrogens is 1. The molecule has 148 valence electrons. The minimum absolute atomic E-state index is 0.141. The lowest BCUT2D eigenvalue weighted by Gasteiger charge is -2.12. The zero-order chi connectivity index (χ0) is 20.8. The third kappa shape index (κ3) is 3.44. The number of nitrogens with one attached hydrogen (secondary N) is 1. The van der Waals surface area contributed by atoms with Crippen LogP contribution in [0.1, 0.15) is 28.2 Å². The van der Waals surface area contributed by atoms with Crippen molar-refractivity contribution in [3.63, 3.8) is 0 Å². The molecule has 2 aromatic heterocycles. The molecule has 4 nitrogen and oxygen atoms in total. The van der Waals surface area contributed by atoms with E-state index in [1.165, 1.54) is 16.7 Å². The third-order valence-corrected chi connectivity index (χ3v) is 5.00. The van der Waals surface area contributed by atoms with Crippen LogP contribution in [-0.4, -0.2) is 14.5 Å². The SMILES string of the molecule is Cc1c(Cc2ccccc2)[nH]c2nc(C)n(-c3cccc(C(F)(F)F)c3)c(=O)c12. The van der Waals surface area contributed by atoms with E-state index in [2.05, 4.69) is 9.97 Å². The van der Waals surface area contributed by atoms with Crippen molar-refractivity contribution in [1.82, 2.24) is 14.5 Å². The number of aromatic nitrogens is 3. The molecule has 4 aromatic rings. The van der Waals surface area contributed by atoms with Gasteiger partial charge in [-0.3, -0.25) is 9.36 Å². The first-order valence-corrected chi connectivity index (χ1v) is 9.08. The maximum Gasteiger partial charge on any atom is 0.416 e. The summed E-state index contributed by atoms with van der Waals surface area (Å²) in [5.74, 6) is 0.314. The third-order valence-electron chi connectivity index (χ3n) is 5.00. The molecule has 2 heterocycles. The molecule has 0 radical (unpaired) electrons. The molecular weight excluding hydrogens is 379 g/mol. The second kappa shape index (κ2) is 6.92. The van der Waals surface area contributed by atoms with E-state index in [-0.39, 0.29) is 11.2 Å². The van der Waals surface area contributed by atoms with Crippen LogP contribution < -0.4 is 5.56 Å². The highest BCUT2D eigenvalue weighted by Crippen LogP contribution is 2.30. The van der Waals surface area contributed by atoms with Crippen molar-refractivity contribution in [2.24, 2.45) is 0 Å². The highest BCUT2D eigenvalue weighted by molar-refractivity contribution is 5.80. The summed E-state index contributed by atoms with van der Waals surface area (Å²) in [5, 5.41) is 0.388. The van der Waals surface area contributed by atoms with E-state index in [1.807, 2.05) is 37.3 Å². The second-order valence-corrected chi connectivity index (χ2v) is 6.96. The molecule has 0 saturated carbocycles. The van der Waals surface area contributed by atoms with Gasteiger partial charge in [0.15, 0.2) is 0 Å². The molecule has 0 spiro atoms. The van der Waals surface area contributed by atoms with Gasteiger partial charge >= 0.3 is 6.18 Å². The van der Waals surface area contributed by atoms with E-state index < -0.39 is 11.7 Å². The average molecular weight is 397 g/mol. The molecule has 0 atom stereocenters. The molecule has 4 rings (SSSR count). The molecule has 0 amide bonds. The van der Waals surface area contributed by atoms with E-state index in [9.17, 15) is 18.0 Å². The number of aryl methyl sites for hydroxylation is 2. The van der Waals surface area contributed by atoms with Crippen molar-refractivity contribution >= 4 is 11.0 Å². The lowest BCUT2D eigenvalue weighted by molar-refractivity contribution is -0.137. The summed E-state index contributed by atoms with van der Waals surface area (Å²) >= 11 is 0. The lowest BCUT2D eigenvalue weighted by Crippen LogP contribution is -2.22. The maximum atomic E-state index is 13.2. The number of hydrogen-bond donors (Lipinski definition) is 1. The van der Waals surface area contributed by atoms with Crippen molar-refractivity contribution in [2.45, 2.75) is 26.4 Å². The molecule has 2 aromatic carbocycles. The summed E-state index contributed by atoms with van der Waals surface area (Å²) < 4.78 is 40.5. The summed E-state index contributed by atoms with van der Waals surface area (Å²) in [5.41, 5.74) is 2.08. The summed E-state index contributed by atoms with van der Waals surface area (Å²) in [6.45, 7) is 3.43. The first-order valence-electron chi connectivity index (χ1n) is 9.08. The fourth-order valence-electron chi connectivity index (χ4n) is 3.55. The molecule has 0 bridgehead atoms. The zero-order valence-corrected chi connectivity index (χ0v) is 15.8. The van der Waals surface area contributed by atoms with Gasteiger partial charge in [-0.05, 0) is 43.2 Å². The largest absolute Gasteiger partial charge is 0.416 e. The van der Waals surface area contributed by atoms with Gasteiger partial charge in [-0.25, -0.2) is 4.98 Å². The van der Waals surface area contributed by atoms with Crippen molar-refractivity contribution in [2.75, 3.05) is 0 Å². The lowest BCUT2D eigenvalue weighted by atomic mass is 10.1. The van der Waals surface area contributed by atoms with Crippen molar-refractivity contribution in [3.8, 4) is 5.69 Å². The van der Waals surface area contributed by atoms with Crippen LogP contribution in [0.2, 0.25) is 0 Å². The minimum Gasteiger partial charge on any atom is -0.342 e. The number of fused-ring (bicyclic) bond motifs is 1. The van der Waals surface area contributed by atoms with Crippen LogP contribution in [0.5, 0.6) is 0 Å². The van der Waals surface area contributed by atoms with E-state index in [0.29, 0.717) is 23.3 Å². The smallest absolute Gasteiger partial charge is 0.342 e. The Kier molecular flexibility index (Phi) is 4.53. The molecule has 0 saturated heterocycles. The average Bonchev–Trinajstić information content (AvgIpc) is 2.97. The summed E-state index contributed by atoms with van der Waals surface area (Å²) in [7, 11) is 0. The zero-order valence-electron chi connectivity index (χ0n) is 15.8. The number of halogens is 3. The molecule has 0 unspecified atom stereocenters. The standard InChI is InChI=1S/C22H18F3N3O/c1-13-18(11-15-7-4-3-5-8-15)27-20-19(13)21(29)28(14(2)26-20)17-10-6-9-16(12-17)22(23,24)25/h3-10,12,27H,11H2,1-2H3. The monoisotopic (exact) mass is 397 g/mol. The van der Waals surface area contributed by atoms with Gasteiger partial charge < -0.3 is 4.98 Å². The normalized spacial score (nSPS) is 11.9. The predicted octanol–water partition coefficient (Wildman–Crippen LogP) is 4.94. The number of benzene rings is 2. The quantitative estimate of drug-likeness (QED) is 0.532. The van der Waals surface area contributed by atoms with Crippen molar-refractivity contribution in [1.29, 1.82) is 0 Å². The van der Waals surface area contributed by atoms with Crippen molar-refractivity contribution < 1.29 is 13.2 Å². The van der Waals surface area contributed by atoms with Gasteiger partial charge in [0.05, 0.1) is 16.6 Å². The number of hydrogen-bond acceptors (Lipinski definition) is 2. The summed E-state index contributed by atoms with van der Waals surface area (Å²) in [6, 6.07) is 14.5. The van der Waals surface area contributed by atoms with E-state index in [4.69, 9.17) is 0 Å². The summed E-state index contributed by atoms with van der Waals surface area (Å²) in [4.78, 5) is 20.9. The predicted molar refractivity (Wildman–Crippen MR) is 105 cm³/mol. The first-order chi connectivity index (χ1) is 13.8. The second-order valence-electron chi connectivity index (χ2n) is 6.96. The number of alkyl halides is 3. The van der Waals surface area contributed by atoms with Gasteiger partial charge in [0.1, 0.15) is 11.5 Å².